The van der Waals surface area contributed by atoms with Gasteiger partial charge >= 0.3 is 0 Å². The summed E-state index contributed by atoms with van der Waals surface area (Å²) in [5.74, 6) is -0.111. The molecule has 0 unspecified atom stereocenters. The second-order valence-corrected chi connectivity index (χ2v) is 4.78. The Balaban J connectivity index is 1.97. The largest absolute Gasteiger partial charge is 0.377 e. The quantitative estimate of drug-likeness (QED) is 0.632. The van der Waals surface area contributed by atoms with Crippen molar-refractivity contribution in [2.75, 3.05) is 10.6 Å². The smallest absolute Gasteiger partial charge is 0.292 e. The van der Waals surface area contributed by atoms with Crippen LogP contribution in [0.5, 0.6) is 0 Å². The zero-order valence-electron chi connectivity index (χ0n) is 9.73. The lowest BCUT2D eigenvalue weighted by atomic mass is 9.93. The molecule has 1 aromatic carbocycles. The number of rotatable bonds is 3. The molecule has 6 heteroatoms. The van der Waals surface area contributed by atoms with Gasteiger partial charge in [0.05, 0.1) is 11.3 Å². The number of carbonyl (C=O) groups excluding carboxylic acids is 1. The number of carbonyl (C=O) groups is 1. The first-order valence-corrected chi connectivity index (χ1v) is 6.01. The van der Waals surface area contributed by atoms with E-state index < -0.39 is 4.92 Å². The molecule has 94 valence electrons. The molecule has 0 aromatic heterocycles. The van der Waals surface area contributed by atoms with Gasteiger partial charge in [-0.1, -0.05) is 0 Å². The first-order valence-electron chi connectivity index (χ1n) is 6.01. The van der Waals surface area contributed by atoms with Crippen molar-refractivity contribution in [1.29, 1.82) is 0 Å². The highest BCUT2D eigenvalue weighted by atomic mass is 16.6. The fraction of sp³-hybridized carbons (Fsp3) is 0.417. The van der Waals surface area contributed by atoms with Gasteiger partial charge in [-0.15, -0.1) is 0 Å². The van der Waals surface area contributed by atoms with E-state index in [2.05, 4.69) is 10.6 Å². The molecule has 2 aliphatic rings. The van der Waals surface area contributed by atoms with Crippen LogP contribution >= 0.6 is 0 Å². The summed E-state index contributed by atoms with van der Waals surface area (Å²) < 4.78 is 0. The van der Waals surface area contributed by atoms with E-state index in [-0.39, 0.29) is 18.0 Å². The van der Waals surface area contributed by atoms with E-state index in [0.717, 1.165) is 19.3 Å². The van der Waals surface area contributed by atoms with Crippen LogP contribution in [0.2, 0.25) is 0 Å². The molecule has 1 amide bonds. The average Bonchev–Trinajstić information content (AvgIpc) is 2.61. The molecule has 3 rings (SSSR count). The summed E-state index contributed by atoms with van der Waals surface area (Å²) in [6.07, 6.45) is 3.47. The molecule has 1 aliphatic heterocycles. The maximum Gasteiger partial charge on any atom is 0.292 e. The predicted octanol–water partition coefficient (Wildman–Crippen LogP) is 2.05. The van der Waals surface area contributed by atoms with E-state index in [9.17, 15) is 14.9 Å². The minimum absolute atomic E-state index is 0.0529. The highest BCUT2D eigenvalue weighted by Gasteiger charge is 2.27. The maximum atomic E-state index is 11.3. The van der Waals surface area contributed by atoms with Gasteiger partial charge in [0.2, 0.25) is 5.91 Å². The SMILES string of the molecule is O=C1Cc2cc([N+](=O)[O-])c(NC3CCC3)cc2N1. The van der Waals surface area contributed by atoms with Crippen LogP contribution in [0, 0.1) is 10.1 Å². The van der Waals surface area contributed by atoms with E-state index in [1.54, 1.807) is 6.07 Å². The van der Waals surface area contributed by atoms with Gasteiger partial charge in [0.1, 0.15) is 5.69 Å². The molecule has 0 radical (unpaired) electrons. The summed E-state index contributed by atoms with van der Waals surface area (Å²) in [5.41, 5.74) is 1.95. The average molecular weight is 247 g/mol. The van der Waals surface area contributed by atoms with Crippen LogP contribution in [-0.4, -0.2) is 16.9 Å². The summed E-state index contributed by atoms with van der Waals surface area (Å²) >= 11 is 0. The van der Waals surface area contributed by atoms with Crippen molar-refractivity contribution in [3.8, 4) is 0 Å². The van der Waals surface area contributed by atoms with E-state index in [0.29, 0.717) is 23.0 Å². The monoisotopic (exact) mass is 247 g/mol. The van der Waals surface area contributed by atoms with Gasteiger partial charge in [-0.3, -0.25) is 14.9 Å². The van der Waals surface area contributed by atoms with Gasteiger partial charge in [-0.25, -0.2) is 0 Å². The second-order valence-electron chi connectivity index (χ2n) is 4.78. The van der Waals surface area contributed by atoms with Gasteiger partial charge < -0.3 is 10.6 Å². The zero-order valence-corrected chi connectivity index (χ0v) is 9.73. The third kappa shape index (κ3) is 1.79. The second kappa shape index (κ2) is 3.97. The van der Waals surface area contributed by atoms with Crippen molar-refractivity contribution >= 4 is 23.0 Å². The number of nitrogens with zero attached hydrogens (tertiary/aromatic N) is 1. The van der Waals surface area contributed by atoms with Crippen molar-refractivity contribution in [2.24, 2.45) is 0 Å². The molecule has 0 atom stereocenters. The van der Waals surface area contributed by atoms with Crippen molar-refractivity contribution in [2.45, 2.75) is 31.7 Å². The Morgan fingerprint density at radius 2 is 2.17 bits per heavy atom. The van der Waals surface area contributed by atoms with Gasteiger partial charge in [0.15, 0.2) is 0 Å². The van der Waals surface area contributed by atoms with E-state index >= 15 is 0 Å². The van der Waals surface area contributed by atoms with Gasteiger partial charge in [0, 0.05) is 17.8 Å². The number of amides is 1. The standard InChI is InChI=1S/C12H13N3O3/c16-12-5-7-4-11(15(17)18)10(6-9(7)14-12)13-8-2-1-3-8/h4,6,8,13H,1-3,5H2,(H,14,16). The van der Waals surface area contributed by atoms with E-state index in [4.69, 9.17) is 0 Å². The van der Waals surface area contributed by atoms with Crippen LogP contribution in [0.1, 0.15) is 24.8 Å². The predicted molar refractivity (Wildman–Crippen MR) is 66.7 cm³/mol. The Kier molecular flexibility index (Phi) is 2.43. The van der Waals surface area contributed by atoms with E-state index in [1.165, 1.54) is 6.07 Å². The van der Waals surface area contributed by atoms with Gasteiger partial charge in [-0.05, 0) is 30.9 Å². The maximum absolute atomic E-state index is 11.3. The molecule has 6 nitrogen and oxygen atoms in total. The summed E-state index contributed by atoms with van der Waals surface area (Å²) in [4.78, 5) is 21.9. The molecule has 1 saturated carbocycles. The fourth-order valence-corrected chi connectivity index (χ4v) is 2.30. The molecule has 0 saturated heterocycles. The van der Waals surface area contributed by atoms with Crippen LogP contribution in [0.25, 0.3) is 0 Å². The molecule has 1 fully saturated rings. The van der Waals surface area contributed by atoms with Crippen LogP contribution < -0.4 is 10.6 Å². The number of anilines is 2. The number of nitro groups is 1. The number of nitrogens with one attached hydrogen (secondary N) is 2. The number of hydrogen-bond donors (Lipinski definition) is 2. The van der Waals surface area contributed by atoms with Crippen LogP contribution in [0.15, 0.2) is 12.1 Å². The lowest BCUT2D eigenvalue weighted by molar-refractivity contribution is -0.384. The molecule has 1 aliphatic carbocycles. The zero-order chi connectivity index (χ0) is 12.7. The number of hydrogen-bond acceptors (Lipinski definition) is 4. The highest BCUT2D eigenvalue weighted by Crippen LogP contribution is 2.36. The summed E-state index contributed by atoms with van der Waals surface area (Å²) in [5, 5.41) is 16.9. The first kappa shape index (κ1) is 11.0. The number of nitro benzene ring substituents is 1. The Bertz CT molecular complexity index is 538. The normalized spacial score (nSPS) is 17.9. The lowest BCUT2D eigenvalue weighted by Crippen LogP contribution is -2.27. The topological polar surface area (TPSA) is 84.3 Å². The Labute approximate surface area is 104 Å². The van der Waals surface area contributed by atoms with E-state index in [1.807, 2.05) is 0 Å². The highest BCUT2D eigenvalue weighted by molar-refractivity contribution is 6.00. The van der Waals surface area contributed by atoms with Crippen molar-refractivity contribution in [3.63, 3.8) is 0 Å². The van der Waals surface area contributed by atoms with Crippen molar-refractivity contribution < 1.29 is 9.72 Å². The Hall–Kier alpha value is -2.11. The third-order valence-electron chi connectivity index (χ3n) is 3.51. The van der Waals surface area contributed by atoms with Crippen LogP contribution in [0.3, 0.4) is 0 Å². The third-order valence-corrected chi connectivity index (χ3v) is 3.51. The van der Waals surface area contributed by atoms with Crippen LogP contribution in [-0.2, 0) is 11.2 Å². The fourth-order valence-electron chi connectivity index (χ4n) is 2.30. The molecule has 18 heavy (non-hydrogen) atoms. The number of benzene rings is 1. The summed E-state index contributed by atoms with van der Waals surface area (Å²) in [6.45, 7) is 0. The first-order chi connectivity index (χ1) is 8.63. The Morgan fingerprint density at radius 3 is 2.78 bits per heavy atom. The van der Waals surface area contributed by atoms with Gasteiger partial charge in [0.25, 0.3) is 5.69 Å². The minimum atomic E-state index is -0.399. The molecule has 0 bridgehead atoms. The minimum Gasteiger partial charge on any atom is -0.377 e. The van der Waals surface area contributed by atoms with Crippen LogP contribution in [0.4, 0.5) is 17.1 Å². The van der Waals surface area contributed by atoms with Crippen molar-refractivity contribution in [3.05, 3.63) is 27.8 Å². The molecular formula is C12H13N3O3. The molecule has 1 aromatic rings. The summed E-state index contributed by atoms with van der Waals surface area (Å²) in [6, 6.07) is 3.49. The van der Waals surface area contributed by atoms with Crippen molar-refractivity contribution in [1.82, 2.24) is 0 Å². The number of fused-ring (bicyclic) bond motifs is 1. The molecule has 0 spiro atoms. The van der Waals surface area contributed by atoms with Gasteiger partial charge in [-0.2, -0.15) is 0 Å². The molecule has 2 N–H and O–H groups in total. The lowest BCUT2D eigenvalue weighted by Gasteiger charge is -2.27. The Morgan fingerprint density at radius 1 is 1.39 bits per heavy atom. The molecular weight excluding hydrogens is 234 g/mol. The molecule has 1 heterocycles. The summed E-state index contributed by atoms with van der Waals surface area (Å²) in [7, 11) is 0.